The van der Waals surface area contributed by atoms with E-state index in [2.05, 4.69) is 25.2 Å². The molecule has 0 fully saturated rings. The van der Waals surface area contributed by atoms with Crippen LogP contribution in [0.2, 0.25) is 0 Å². The van der Waals surface area contributed by atoms with E-state index in [9.17, 15) is 0 Å². The number of hydrogen-bond donors (Lipinski definition) is 1. The van der Waals surface area contributed by atoms with Crippen molar-refractivity contribution in [2.75, 3.05) is 7.05 Å². The van der Waals surface area contributed by atoms with Crippen molar-refractivity contribution in [3.63, 3.8) is 0 Å². The van der Waals surface area contributed by atoms with E-state index in [4.69, 9.17) is 0 Å². The lowest BCUT2D eigenvalue weighted by atomic mass is 10.4. The van der Waals surface area contributed by atoms with Crippen LogP contribution in [0.4, 0.5) is 0 Å². The lowest BCUT2D eigenvalue weighted by Crippen LogP contribution is -2.00. The second-order valence-corrected chi connectivity index (χ2v) is 1.55. The first-order valence-electron chi connectivity index (χ1n) is 3.65. The number of hydrogen-bond acceptors (Lipinski definition) is 1. The highest BCUT2D eigenvalue weighted by molar-refractivity contribution is 4.92. The average Bonchev–Trinajstić information content (AvgIpc) is 1.93. The van der Waals surface area contributed by atoms with Crippen molar-refractivity contribution in [1.82, 2.24) is 5.32 Å². The molecule has 0 rings (SSSR count). The van der Waals surface area contributed by atoms with Crippen LogP contribution in [-0.4, -0.2) is 7.05 Å². The third kappa shape index (κ3) is 11.2. The van der Waals surface area contributed by atoms with E-state index in [1.165, 1.54) is 5.70 Å². The molecule has 1 N–H and O–H groups in total. The maximum atomic E-state index is 3.03. The zero-order valence-electron chi connectivity index (χ0n) is 7.28. The van der Waals surface area contributed by atoms with Gasteiger partial charge in [-0.1, -0.05) is 26.8 Å². The number of allylic oxidation sites excluding steroid dienone is 2. The molecule has 0 atom stereocenters. The third-order valence-electron chi connectivity index (χ3n) is 0.905. The van der Waals surface area contributed by atoms with Crippen LogP contribution in [0.25, 0.3) is 0 Å². The summed E-state index contributed by atoms with van der Waals surface area (Å²) >= 11 is 0. The molecule has 0 aromatic carbocycles. The molecule has 9 heavy (non-hydrogen) atoms. The van der Waals surface area contributed by atoms with Crippen LogP contribution in [0, 0.1) is 0 Å². The van der Waals surface area contributed by atoms with Crippen LogP contribution in [-0.2, 0) is 0 Å². The predicted octanol–water partition coefficient (Wildman–Crippen LogP) is 2.55. The Bertz CT molecular complexity index is 65.0. The van der Waals surface area contributed by atoms with Crippen molar-refractivity contribution < 1.29 is 0 Å². The zero-order chi connectivity index (χ0) is 7.70. The van der Waals surface area contributed by atoms with E-state index >= 15 is 0 Å². The molecule has 0 bridgehead atoms. The molecular formula is C8H19N. The van der Waals surface area contributed by atoms with E-state index in [0.29, 0.717) is 0 Å². The van der Waals surface area contributed by atoms with E-state index in [-0.39, 0.29) is 0 Å². The van der Waals surface area contributed by atoms with Gasteiger partial charge in [0.2, 0.25) is 0 Å². The maximum absolute atomic E-state index is 3.03. The smallest absolute Gasteiger partial charge is 0.00318 e. The highest BCUT2D eigenvalue weighted by atomic mass is 14.8. The molecule has 1 nitrogen and oxygen atoms in total. The first-order chi connectivity index (χ1) is 4.31. The molecule has 0 amide bonds. The van der Waals surface area contributed by atoms with Gasteiger partial charge in [0.25, 0.3) is 0 Å². The van der Waals surface area contributed by atoms with Gasteiger partial charge in [0.15, 0.2) is 0 Å². The van der Waals surface area contributed by atoms with Crippen molar-refractivity contribution in [3.8, 4) is 0 Å². The molecule has 0 aromatic rings. The summed E-state index contributed by atoms with van der Waals surface area (Å²) in [5.41, 5.74) is 1.25. The fourth-order valence-electron chi connectivity index (χ4n) is 0.408. The largest absolute Gasteiger partial charge is 0.392 e. The quantitative estimate of drug-likeness (QED) is 0.604. The molecule has 0 saturated carbocycles. The molecule has 56 valence electrons. The van der Waals surface area contributed by atoms with Gasteiger partial charge in [-0.15, -0.1) is 0 Å². The van der Waals surface area contributed by atoms with Crippen LogP contribution in [0.3, 0.4) is 0 Å². The lowest BCUT2D eigenvalue weighted by Gasteiger charge is -1.93. The average molecular weight is 129 g/mol. The van der Waals surface area contributed by atoms with Crippen molar-refractivity contribution >= 4 is 0 Å². The van der Waals surface area contributed by atoms with Crippen LogP contribution in [0.1, 0.15) is 34.1 Å². The van der Waals surface area contributed by atoms with Crippen LogP contribution in [0.15, 0.2) is 11.8 Å². The van der Waals surface area contributed by atoms with Gasteiger partial charge < -0.3 is 5.32 Å². The Morgan fingerprint density at radius 3 is 2.00 bits per heavy atom. The normalized spacial score (nSPS) is 9.67. The van der Waals surface area contributed by atoms with Gasteiger partial charge in [0, 0.05) is 12.7 Å². The Balaban J connectivity index is 0. The summed E-state index contributed by atoms with van der Waals surface area (Å²) in [6.45, 7) is 8.18. The summed E-state index contributed by atoms with van der Waals surface area (Å²) in [4.78, 5) is 0. The molecule has 0 aliphatic carbocycles. The Kier molecular flexibility index (Phi) is 13.3. The third-order valence-corrected chi connectivity index (χ3v) is 0.905. The van der Waals surface area contributed by atoms with Crippen LogP contribution >= 0.6 is 0 Å². The summed E-state index contributed by atoms with van der Waals surface area (Å²) in [6, 6.07) is 0. The zero-order valence-corrected chi connectivity index (χ0v) is 7.28. The van der Waals surface area contributed by atoms with E-state index in [1.54, 1.807) is 0 Å². The maximum Gasteiger partial charge on any atom is 0.00318 e. The van der Waals surface area contributed by atoms with E-state index in [1.807, 2.05) is 20.9 Å². The van der Waals surface area contributed by atoms with Gasteiger partial charge in [-0.25, -0.2) is 0 Å². The van der Waals surface area contributed by atoms with E-state index in [0.717, 1.165) is 6.42 Å². The predicted molar refractivity (Wildman–Crippen MR) is 44.5 cm³/mol. The van der Waals surface area contributed by atoms with Gasteiger partial charge >= 0.3 is 0 Å². The summed E-state index contributed by atoms with van der Waals surface area (Å²) in [5.74, 6) is 0. The molecule has 0 spiro atoms. The van der Waals surface area contributed by atoms with Crippen molar-refractivity contribution in [3.05, 3.63) is 11.8 Å². The van der Waals surface area contributed by atoms with Crippen molar-refractivity contribution in [2.24, 2.45) is 0 Å². The standard InChI is InChI=1S/C6H13N.C2H6/c1-4-5-6(2)7-3;1-2/h5,7H,4H2,1-3H3;1-2H3/b6-5+;. The summed E-state index contributed by atoms with van der Waals surface area (Å²) in [7, 11) is 1.93. The number of nitrogens with one attached hydrogen (secondary N) is 1. The molecule has 0 saturated heterocycles. The number of rotatable bonds is 2. The first-order valence-corrected chi connectivity index (χ1v) is 3.65. The minimum atomic E-state index is 1.12. The second kappa shape index (κ2) is 10.5. The Labute approximate surface area is 59.2 Å². The first kappa shape index (κ1) is 11.4. The highest BCUT2D eigenvalue weighted by Crippen LogP contribution is 1.85. The summed E-state index contributed by atoms with van der Waals surface area (Å²) < 4.78 is 0. The molecule has 0 unspecified atom stereocenters. The molecule has 0 aliphatic heterocycles. The van der Waals surface area contributed by atoms with Crippen LogP contribution < -0.4 is 5.32 Å². The molecule has 0 aliphatic rings. The van der Waals surface area contributed by atoms with Gasteiger partial charge in [0.05, 0.1) is 0 Å². The molecular weight excluding hydrogens is 110 g/mol. The molecule has 1 heteroatoms. The Morgan fingerprint density at radius 1 is 1.44 bits per heavy atom. The Morgan fingerprint density at radius 2 is 1.89 bits per heavy atom. The fourth-order valence-corrected chi connectivity index (χ4v) is 0.408. The topological polar surface area (TPSA) is 12.0 Å². The van der Waals surface area contributed by atoms with E-state index < -0.39 is 0 Å². The minimum absolute atomic E-state index is 1.12. The van der Waals surface area contributed by atoms with Gasteiger partial charge in [-0.05, 0) is 13.3 Å². The monoisotopic (exact) mass is 129 g/mol. The second-order valence-electron chi connectivity index (χ2n) is 1.55. The molecule has 0 radical (unpaired) electrons. The summed E-state index contributed by atoms with van der Waals surface area (Å²) in [5, 5.41) is 3.03. The fraction of sp³-hybridized carbons (Fsp3) is 0.750. The van der Waals surface area contributed by atoms with Gasteiger partial charge in [0.1, 0.15) is 0 Å². The van der Waals surface area contributed by atoms with Gasteiger partial charge in [-0.2, -0.15) is 0 Å². The van der Waals surface area contributed by atoms with Crippen molar-refractivity contribution in [2.45, 2.75) is 34.1 Å². The Hall–Kier alpha value is -0.460. The molecule has 0 heterocycles. The summed E-state index contributed by atoms with van der Waals surface area (Å²) in [6.07, 6.45) is 3.27. The highest BCUT2D eigenvalue weighted by Gasteiger charge is 1.74. The lowest BCUT2D eigenvalue weighted by molar-refractivity contribution is 0.967. The SMILES string of the molecule is CC.CC/C=C(\C)NC. The molecule has 0 aromatic heterocycles. The van der Waals surface area contributed by atoms with Crippen molar-refractivity contribution in [1.29, 1.82) is 0 Å². The van der Waals surface area contributed by atoms with Gasteiger partial charge in [-0.3, -0.25) is 0 Å². The van der Waals surface area contributed by atoms with Crippen LogP contribution in [0.5, 0.6) is 0 Å². The minimum Gasteiger partial charge on any atom is -0.392 e.